The van der Waals surface area contributed by atoms with Crippen LogP contribution in [0.3, 0.4) is 0 Å². The number of carbonyl (C=O) groups excluding carboxylic acids is 1. The quantitative estimate of drug-likeness (QED) is 0.626. The normalized spacial score (nSPS) is 33.4. The molecule has 4 heteroatoms. The second-order valence-electron chi connectivity index (χ2n) is 5.77. The van der Waals surface area contributed by atoms with Gasteiger partial charge in [0.25, 0.3) is 0 Å². The Hall–Kier alpha value is -0.610. The Balaban J connectivity index is 1.57. The second kappa shape index (κ2) is 5.36. The van der Waals surface area contributed by atoms with E-state index in [4.69, 9.17) is 5.73 Å². The fourth-order valence-electron chi connectivity index (χ4n) is 3.03. The van der Waals surface area contributed by atoms with E-state index < -0.39 is 5.54 Å². The Bertz CT molecular complexity index is 269. The van der Waals surface area contributed by atoms with Gasteiger partial charge >= 0.3 is 0 Å². The minimum Gasteiger partial charge on any atom is -0.393 e. The van der Waals surface area contributed by atoms with Gasteiger partial charge in [-0.05, 0) is 18.8 Å². The van der Waals surface area contributed by atoms with Gasteiger partial charge in [-0.15, -0.1) is 0 Å². The number of nitrogens with two attached hydrogens (primary N) is 1. The highest BCUT2D eigenvalue weighted by Gasteiger charge is 2.46. The number of carbonyl (C=O) groups is 1. The van der Waals surface area contributed by atoms with Crippen molar-refractivity contribution in [2.75, 3.05) is 6.54 Å². The molecular formula is C13H24N2O2. The monoisotopic (exact) mass is 240 g/mol. The lowest BCUT2D eigenvalue weighted by molar-refractivity contribution is -0.134. The van der Waals surface area contributed by atoms with E-state index in [1.54, 1.807) is 0 Å². The summed E-state index contributed by atoms with van der Waals surface area (Å²) in [7, 11) is 0. The Kier molecular flexibility index (Phi) is 4.05. The van der Waals surface area contributed by atoms with Crippen molar-refractivity contribution in [1.82, 2.24) is 5.32 Å². The molecule has 98 valence electrons. The second-order valence-corrected chi connectivity index (χ2v) is 5.77. The van der Waals surface area contributed by atoms with Gasteiger partial charge in [0.1, 0.15) is 5.54 Å². The predicted molar refractivity (Wildman–Crippen MR) is 66.4 cm³/mol. The van der Waals surface area contributed by atoms with Crippen LogP contribution in [0.5, 0.6) is 0 Å². The van der Waals surface area contributed by atoms with Crippen LogP contribution in [-0.4, -0.2) is 29.2 Å². The molecule has 0 aromatic heterocycles. The molecule has 2 saturated carbocycles. The van der Waals surface area contributed by atoms with Crippen LogP contribution < -0.4 is 11.1 Å². The zero-order chi connectivity index (χ0) is 12.3. The minimum atomic E-state index is -0.799. The third kappa shape index (κ3) is 3.19. The molecule has 0 aliphatic heterocycles. The lowest BCUT2D eigenvalue weighted by Crippen LogP contribution is -2.63. The van der Waals surface area contributed by atoms with E-state index in [1.165, 1.54) is 32.1 Å². The SMILES string of the molecule is NC1(C(=O)NCCCC2CCCC2)CC(O)C1. The molecule has 2 fully saturated rings. The number of hydrogen-bond donors (Lipinski definition) is 3. The highest BCUT2D eigenvalue weighted by Crippen LogP contribution is 2.30. The molecule has 0 bridgehead atoms. The molecule has 17 heavy (non-hydrogen) atoms. The summed E-state index contributed by atoms with van der Waals surface area (Å²) in [5.41, 5.74) is 5.07. The summed E-state index contributed by atoms with van der Waals surface area (Å²) in [6, 6.07) is 0. The van der Waals surface area contributed by atoms with Crippen LogP contribution in [-0.2, 0) is 4.79 Å². The lowest BCUT2D eigenvalue weighted by Gasteiger charge is -2.40. The summed E-state index contributed by atoms with van der Waals surface area (Å²) in [6.45, 7) is 0.727. The summed E-state index contributed by atoms with van der Waals surface area (Å²) < 4.78 is 0. The average molecular weight is 240 g/mol. The largest absolute Gasteiger partial charge is 0.393 e. The number of aliphatic hydroxyl groups is 1. The molecule has 4 N–H and O–H groups in total. The molecule has 0 spiro atoms. The van der Waals surface area contributed by atoms with E-state index in [2.05, 4.69) is 5.32 Å². The fourth-order valence-corrected chi connectivity index (χ4v) is 3.03. The van der Waals surface area contributed by atoms with Crippen LogP contribution in [0.25, 0.3) is 0 Å². The maximum atomic E-state index is 11.7. The van der Waals surface area contributed by atoms with Crippen LogP contribution in [0.4, 0.5) is 0 Å². The van der Waals surface area contributed by atoms with Gasteiger partial charge in [0.2, 0.25) is 5.91 Å². The first kappa shape index (κ1) is 12.8. The van der Waals surface area contributed by atoms with Gasteiger partial charge in [-0.25, -0.2) is 0 Å². The number of amides is 1. The molecule has 0 atom stereocenters. The fraction of sp³-hybridized carbons (Fsp3) is 0.923. The van der Waals surface area contributed by atoms with E-state index in [0.717, 1.165) is 18.9 Å². The molecule has 2 aliphatic rings. The van der Waals surface area contributed by atoms with Crippen molar-refractivity contribution in [3.8, 4) is 0 Å². The molecule has 0 aromatic rings. The Morgan fingerprint density at radius 1 is 1.35 bits per heavy atom. The zero-order valence-corrected chi connectivity index (χ0v) is 10.5. The summed E-state index contributed by atoms with van der Waals surface area (Å²) >= 11 is 0. The zero-order valence-electron chi connectivity index (χ0n) is 10.5. The van der Waals surface area contributed by atoms with Crippen molar-refractivity contribution in [2.45, 2.75) is 63.0 Å². The topological polar surface area (TPSA) is 75.4 Å². The summed E-state index contributed by atoms with van der Waals surface area (Å²) in [5, 5.41) is 12.1. The number of aliphatic hydroxyl groups excluding tert-OH is 1. The molecule has 1 amide bonds. The summed E-state index contributed by atoms with van der Waals surface area (Å²) in [5.74, 6) is 0.790. The van der Waals surface area contributed by atoms with Crippen LogP contribution in [0.1, 0.15) is 51.4 Å². The standard InChI is InChI=1S/C13H24N2O2/c14-13(8-11(16)9-13)12(17)15-7-3-6-10-4-1-2-5-10/h10-11,16H,1-9,14H2,(H,15,17). The van der Waals surface area contributed by atoms with Crippen molar-refractivity contribution in [1.29, 1.82) is 0 Å². The lowest BCUT2D eigenvalue weighted by atomic mass is 9.74. The van der Waals surface area contributed by atoms with Crippen molar-refractivity contribution in [3.05, 3.63) is 0 Å². The van der Waals surface area contributed by atoms with Gasteiger partial charge < -0.3 is 16.2 Å². The number of nitrogens with one attached hydrogen (secondary N) is 1. The number of hydrogen-bond acceptors (Lipinski definition) is 3. The molecule has 0 saturated heterocycles. The first-order chi connectivity index (χ1) is 8.10. The van der Waals surface area contributed by atoms with E-state index in [0.29, 0.717) is 12.8 Å². The van der Waals surface area contributed by atoms with Gasteiger partial charge in [0, 0.05) is 19.4 Å². The predicted octanol–water partition coefficient (Wildman–Crippen LogP) is 0.925. The molecule has 0 heterocycles. The highest BCUT2D eigenvalue weighted by molar-refractivity contribution is 5.87. The van der Waals surface area contributed by atoms with Crippen molar-refractivity contribution < 1.29 is 9.90 Å². The smallest absolute Gasteiger partial charge is 0.240 e. The average Bonchev–Trinajstić information content (AvgIpc) is 2.74. The van der Waals surface area contributed by atoms with Crippen molar-refractivity contribution in [2.24, 2.45) is 11.7 Å². The summed E-state index contributed by atoms with van der Waals surface area (Å²) in [6.07, 6.45) is 8.17. The third-order valence-electron chi connectivity index (χ3n) is 4.20. The van der Waals surface area contributed by atoms with Crippen molar-refractivity contribution in [3.63, 3.8) is 0 Å². The molecule has 0 unspecified atom stereocenters. The van der Waals surface area contributed by atoms with Gasteiger partial charge in [-0.3, -0.25) is 4.79 Å². The van der Waals surface area contributed by atoms with Crippen molar-refractivity contribution >= 4 is 5.91 Å². The molecule has 2 rings (SSSR count). The maximum absolute atomic E-state index is 11.7. The third-order valence-corrected chi connectivity index (χ3v) is 4.20. The Labute approximate surface area is 103 Å². The van der Waals surface area contributed by atoms with Gasteiger partial charge in [0.05, 0.1) is 6.10 Å². The molecular weight excluding hydrogens is 216 g/mol. The van der Waals surface area contributed by atoms with E-state index in [9.17, 15) is 9.90 Å². The first-order valence-corrected chi connectivity index (χ1v) is 6.85. The maximum Gasteiger partial charge on any atom is 0.240 e. The van der Waals surface area contributed by atoms with E-state index in [1.807, 2.05) is 0 Å². The van der Waals surface area contributed by atoms with Gasteiger partial charge in [-0.1, -0.05) is 25.7 Å². The highest BCUT2D eigenvalue weighted by atomic mass is 16.3. The molecule has 2 aliphatic carbocycles. The summed E-state index contributed by atoms with van der Waals surface area (Å²) in [4.78, 5) is 11.7. The van der Waals surface area contributed by atoms with E-state index >= 15 is 0 Å². The van der Waals surface area contributed by atoms with Crippen LogP contribution in [0, 0.1) is 5.92 Å². The van der Waals surface area contributed by atoms with Gasteiger partial charge in [0.15, 0.2) is 0 Å². The molecule has 0 radical (unpaired) electrons. The minimum absolute atomic E-state index is 0.0887. The Morgan fingerprint density at radius 2 is 2.00 bits per heavy atom. The van der Waals surface area contributed by atoms with Crippen LogP contribution in [0.2, 0.25) is 0 Å². The number of rotatable bonds is 5. The molecule has 0 aromatic carbocycles. The van der Waals surface area contributed by atoms with Gasteiger partial charge in [-0.2, -0.15) is 0 Å². The molecule has 4 nitrogen and oxygen atoms in total. The van der Waals surface area contributed by atoms with Crippen LogP contribution >= 0.6 is 0 Å². The van der Waals surface area contributed by atoms with Crippen LogP contribution in [0.15, 0.2) is 0 Å². The Morgan fingerprint density at radius 3 is 2.59 bits per heavy atom. The van der Waals surface area contributed by atoms with E-state index in [-0.39, 0.29) is 12.0 Å². The first-order valence-electron chi connectivity index (χ1n) is 6.85.